The monoisotopic (exact) mass is 380 g/mol. The van der Waals surface area contributed by atoms with E-state index in [1.165, 1.54) is 11.9 Å². The van der Waals surface area contributed by atoms with Gasteiger partial charge in [-0.25, -0.2) is 4.79 Å². The first kappa shape index (κ1) is 19.6. The van der Waals surface area contributed by atoms with Gasteiger partial charge in [-0.15, -0.1) is 0 Å². The normalized spacial score (nSPS) is 18.1. The Kier molecular flexibility index (Phi) is 5.23. The molecule has 0 bridgehead atoms. The number of nitrogens with one attached hydrogen (secondary N) is 1. The van der Waals surface area contributed by atoms with Gasteiger partial charge in [0.2, 0.25) is 5.91 Å². The van der Waals surface area contributed by atoms with Crippen molar-refractivity contribution in [1.29, 1.82) is 0 Å². The van der Waals surface area contributed by atoms with E-state index in [9.17, 15) is 14.4 Å². The van der Waals surface area contributed by atoms with Gasteiger partial charge in [0, 0.05) is 19.2 Å². The van der Waals surface area contributed by atoms with Crippen molar-refractivity contribution in [3.8, 4) is 0 Å². The average molecular weight is 380 g/mol. The van der Waals surface area contributed by atoms with Gasteiger partial charge in [0.15, 0.2) is 5.60 Å². The number of anilines is 1. The second-order valence-electron chi connectivity index (χ2n) is 7.43. The van der Waals surface area contributed by atoms with Crippen LogP contribution in [0.15, 0.2) is 42.5 Å². The van der Waals surface area contributed by atoms with Crippen LogP contribution in [0.2, 0.25) is 0 Å². The molecule has 2 aromatic rings. The molecule has 146 valence electrons. The molecular weight excluding hydrogens is 356 g/mol. The molecule has 0 aliphatic carbocycles. The number of esters is 1. The Morgan fingerprint density at radius 2 is 1.75 bits per heavy atom. The lowest BCUT2D eigenvalue weighted by Crippen LogP contribution is -2.53. The van der Waals surface area contributed by atoms with E-state index in [2.05, 4.69) is 5.32 Å². The van der Waals surface area contributed by atoms with E-state index in [1.54, 1.807) is 19.1 Å². The summed E-state index contributed by atoms with van der Waals surface area (Å²) in [5.74, 6) is -1.24. The zero-order chi connectivity index (χ0) is 20.5. The summed E-state index contributed by atoms with van der Waals surface area (Å²) in [6.45, 7) is 5.28. The highest BCUT2D eigenvalue weighted by molar-refractivity contribution is 6.00. The minimum atomic E-state index is -1.33. The number of para-hydroxylation sites is 1. The number of carbonyl (C=O) groups is 3. The summed E-state index contributed by atoms with van der Waals surface area (Å²) < 4.78 is 5.46. The zero-order valence-electron chi connectivity index (χ0n) is 16.5. The molecule has 1 aliphatic rings. The maximum atomic E-state index is 13.0. The molecule has 6 nitrogen and oxygen atoms in total. The van der Waals surface area contributed by atoms with Crippen molar-refractivity contribution >= 4 is 23.5 Å². The van der Waals surface area contributed by atoms with Crippen LogP contribution in [0.3, 0.4) is 0 Å². The van der Waals surface area contributed by atoms with E-state index in [1.807, 2.05) is 44.2 Å². The van der Waals surface area contributed by atoms with E-state index in [0.29, 0.717) is 5.56 Å². The lowest BCUT2D eigenvalue weighted by Gasteiger charge is -2.35. The van der Waals surface area contributed by atoms with Crippen molar-refractivity contribution < 1.29 is 19.1 Å². The molecule has 0 spiro atoms. The summed E-state index contributed by atoms with van der Waals surface area (Å²) in [7, 11) is 1.53. The van der Waals surface area contributed by atoms with E-state index in [0.717, 1.165) is 22.4 Å². The third kappa shape index (κ3) is 3.76. The van der Waals surface area contributed by atoms with Crippen LogP contribution in [-0.4, -0.2) is 41.9 Å². The number of carbonyl (C=O) groups excluding carboxylic acids is 3. The number of rotatable bonds is 4. The highest BCUT2D eigenvalue weighted by Crippen LogP contribution is 2.29. The number of ether oxygens (including phenoxy) is 1. The van der Waals surface area contributed by atoms with Crippen molar-refractivity contribution in [3.63, 3.8) is 0 Å². The molecule has 1 heterocycles. The topological polar surface area (TPSA) is 75.7 Å². The van der Waals surface area contributed by atoms with Gasteiger partial charge in [-0.3, -0.25) is 9.59 Å². The lowest BCUT2D eigenvalue weighted by atomic mass is 9.89. The van der Waals surface area contributed by atoms with Crippen LogP contribution in [0.5, 0.6) is 0 Å². The fourth-order valence-corrected chi connectivity index (χ4v) is 3.53. The van der Waals surface area contributed by atoms with Gasteiger partial charge < -0.3 is 15.0 Å². The molecule has 0 saturated carbocycles. The number of aryl methyl sites for hydroxylation is 2. The zero-order valence-corrected chi connectivity index (χ0v) is 16.5. The van der Waals surface area contributed by atoms with E-state index < -0.39 is 17.5 Å². The number of benzene rings is 2. The molecule has 0 saturated heterocycles. The van der Waals surface area contributed by atoms with E-state index in [4.69, 9.17) is 4.74 Å². The summed E-state index contributed by atoms with van der Waals surface area (Å²) in [6.07, 6.45) is 0.274. The van der Waals surface area contributed by atoms with Crippen molar-refractivity contribution in [3.05, 3.63) is 64.7 Å². The molecule has 1 N–H and O–H groups in total. The van der Waals surface area contributed by atoms with Crippen molar-refractivity contribution in [2.24, 2.45) is 0 Å². The molecule has 3 rings (SSSR count). The van der Waals surface area contributed by atoms with Crippen LogP contribution in [0.4, 0.5) is 5.69 Å². The number of likely N-dealkylation sites (N-methyl/N-ethyl adjacent to an activating group) is 1. The number of nitrogens with zero attached hydrogens (tertiary/aromatic N) is 1. The van der Waals surface area contributed by atoms with Crippen LogP contribution in [-0.2, 0) is 20.7 Å². The van der Waals surface area contributed by atoms with Crippen molar-refractivity contribution in [1.82, 2.24) is 4.90 Å². The Morgan fingerprint density at radius 3 is 2.43 bits per heavy atom. The summed E-state index contributed by atoms with van der Waals surface area (Å²) in [5.41, 5.74) is 2.56. The molecule has 0 fully saturated rings. The molecule has 0 aromatic heterocycles. The second kappa shape index (κ2) is 7.46. The summed E-state index contributed by atoms with van der Waals surface area (Å²) in [5, 5.41) is 2.86. The maximum absolute atomic E-state index is 13.0. The van der Waals surface area contributed by atoms with Gasteiger partial charge in [0.25, 0.3) is 5.91 Å². The molecule has 2 aromatic carbocycles. The molecule has 1 atom stereocenters. The first-order valence-electron chi connectivity index (χ1n) is 9.14. The minimum Gasteiger partial charge on any atom is -0.445 e. The molecule has 0 radical (unpaired) electrons. The molecule has 1 aliphatic heterocycles. The average Bonchev–Trinajstić information content (AvgIpc) is 2.64. The lowest BCUT2D eigenvalue weighted by molar-refractivity contribution is -0.151. The number of fused-ring (bicyclic) bond motifs is 1. The maximum Gasteiger partial charge on any atom is 0.339 e. The van der Waals surface area contributed by atoms with Crippen LogP contribution >= 0.6 is 0 Å². The standard InChI is InChI=1S/C22H24N2O4/c1-14-8-7-9-15(2)19(14)23-18(25)13-24(4)21(27)22(3)12-16-10-5-6-11-17(16)20(26)28-22/h5-11H,12-13H2,1-4H3,(H,23,25). The first-order chi connectivity index (χ1) is 13.2. The van der Waals surface area contributed by atoms with Crippen molar-refractivity contribution in [2.45, 2.75) is 32.8 Å². The number of cyclic esters (lactones) is 1. The smallest absolute Gasteiger partial charge is 0.339 e. The first-order valence-corrected chi connectivity index (χ1v) is 9.14. The highest BCUT2D eigenvalue weighted by Gasteiger charge is 2.44. The van der Waals surface area contributed by atoms with E-state index in [-0.39, 0.29) is 18.9 Å². The fraction of sp³-hybridized carbons (Fsp3) is 0.318. The van der Waals surface area contributed by atoms with Crippen LogP contribution in [0, 0.1) is 13.8 Å². The third-order valence-electron chi connectivity index (χ3n) is 5.01. The molecule has 6 heteroatoms. The van der Waals surface area contributed by atoms with Gasteiger partial charge in [0.1, 0.15) is 0 Å². The molecule has 28 heavy (non-hydrogen) atoms. The van der Waals surface area contributed by atoms with Gasteiger partial charge in [-0.2, -0.15) is 0 Å². The Labute approximate surface area is 164 Å². The quantitative estimate of drug-likeness (QED) is 0.828. The van der Waals surface area contributed by atoms with Gasteiger partial charge in [0.05, 0.1) is 12.1 Å². The summed E-state index contributed by atoms with van der Waals surface area (Å²) >= 11 is 0. The fourth-order valence-electron chi connectivity index (χ4n) is 3.53. The van der Waals surface area contributed by atoms with Crippen LogP contribution in [0.1, 0.15) is 34.0 Å². The SMILES string of the molecule is Cc1cccc(C)c1NC(=O)CN(C)C(=O)C1(C)Cc2ccccc2C(=O)O1. The Balaban J connectivity index is 1.71. The van der Waals surface area contributed by atoms with Crippen molar-refractivity contribution in [2.75, 3.05) is 18.9 Å². The van der Waals surface area contributed by atoms with Gasteiger partial charge >= 0.3 is 5.97 Å². The molecule has 2 amide bonds. The Hall–Kier alpha value is -3.15. The molecule has 1 unspecified atom stereocenters. The third-order valence-corrected chi connectivity index (χ3v) is 5.01. The number of hydrogen-bond acceptors (Lipinski definition) is 4. The van der Waals surface area contributed by atoms with Gasteiger partial charge in [-0.1, -0.05) is 36.4 Å². The number of amides is 2. The Bertz CT molecular complexity index is 933. The van der Waals surface area contributed by atoms with E-state index >= 15 is 0 Å². The summed E-state index contributed by atoms with van der Waals surface area (Å²) in [4.78, 5) is 39.0. The minimum absolute atomic E-state index is 0.138. The Morgan fingerprint density at radius 1 is 1.11 bits per heavy atom. The van der Waals surface area contributed by atoms with Crippen LogP contribution < -0.4 is 5.32 Å². The largest absolute Gasteiger partial charge is 0.445 e. The van der Waals surface area contributed by atoms with Crippen LogP contribution in [0.25, 0.3) is 0 Å². The second-order valence-corrected chi connectivity index (χ2v) is 7.43. The number of hydrogen-bond donors (Lipinski definition) is 1. The molecular formula is C22H24N2O4. The highest BCUT2D eigenvalue weighted by atomic mass is 16.6. The summed E-state index contributed by atoms with van der Waals surface area (Å²) in [6, 6.07) is 12.8. The van der Waals surface area contributed by atoms with Gasteiger partial charge in [-0.05, 0) is 43.5 Å². The predicted molar refractivity (Wildman–Crippen MR) is 106 cm³/mol. The predicted octanol–water partition coefficient (Wildman–Crippen LogP) is 2.87.